The molecule has 0 aliphatic carbocycles. The minimum absolute atomic E-state index is 0.00454. The van der Waals surface area contributed by atoms with E-state index in [4.69, 9.17) is 9.15 Å². The fourth-order valence-electron chi connectivity index (χ4n) is 3.04. The van der Waals surface area contributed by atoms with E-state index in [-0.39, 0.29) is 30.4 Å². The molecule has 2 fully saturated rings. The maximum absolute atomic E-state index is 12.5. The second-order valence-corrected chi connectivity index (χ2v) is 5.64. The number of likely N-dealkylation sites (tertiary alicyclic amines) is 1. The lowest BCUT2D eigenvalue weighted by molar-refractivity contribution is -0.134. The van der Waals surface area contributed by atoms with Crippen LogP contribution in [0.15, 0.2) is 10.8 Å². The number of amides is 2. The van der Waals surface area contributed by atoms with Crippen molar-refractivity contribution >= 4 is 11.8 Å². The molecule has 7 nitrogen and oxygen atoms in total. The summed E-state index contributed by atoms with van der Waals surface area (Å²) in [5.41, 5.74) is 0.354. The van der Waals surface area contributed by atoms with Gasteiger partial charge in [0.15, 0.2) is 12.1 Å². The van der Waals surface area contributed by atoms with E-state index in [1.807, 2.05) is 0 Å². The summed E-state index contributed by atoms with van der Waals surface area (Å²) in [5.74, 6) is 0.639. The Morgan fingerprint density at radius 2 is 2.29 bits per heavy atom. The zero-order valence-electron chi connectivity index (χ0n) is 12.2. The predicted molar refractivity (Wildman–Crippen MR) is 72.6 cm³/mol. The zero-order chi connectivity index (χ0) is 15.0. The molecule has 114 valence electrons. The maximum atomic E-state index is 12.5. The molecule has 2 aliphatic heterocycles. The van der Waals surface area contributed by atoms with Gasteiger partial charge in [-0.1, -0.05) is 0 Å². The van der Waals surface area contributed by atoms with E-state index < -0.39 is 0 Å². The Kier molecular flexibility index (Phi) is 3.67. The third kappa shape index (κ3) is 2.53. The summed E-state index contributed by atoms with van der Waals surface area (Å²) in [7, 11) is 1.78. The van der Waals surface area contributed by atoms with Crippen molar-refractivity contribution in [2.75, 3.05) is 33.4 Å². The van der Waals surface area contributed by atoms with E-state index in [1.165, 1.54) is 6.39 Å². The van der Waals surface area contributed by atoms with Gasteiger partial charge in [0.25, 0.3) is 5.91 Å². The predicted octanol–water partition coefficient (Wildman–Crippen LogP) is 0.302. The summed E-state index contributed by atoms with van der Waals surface area (Å²) in [6, 6.07) is 0.00454. The average molecular weight is 293 g/mol. The van der Waals surface area contributed by atoms with Gasteiger partial charge in [-0.05, 0) is 13.3 Å². The number of carbonyl (C=O) groups excluding carboxylic acids is 2. The summed E-state index contributed by atoms with van der Waals surface area (Å²) in [6.07, 6.45) is 2.11. The van der Waals surface area contributed by atoms with E-state index in [0.717, 1.165) is 6.42 Å². The number of aromatic nitrogens is 1. The van der Waals surface area contributed by atoms with Gasteiger partial charge in [-0.2, -0.15) is 0 Å². The molecule has 1 aromatic heterocycles. The quantitative estimate of drug-likeness (QED) is 0.744. The molecule has 21 heavy (non-hydrogen) atoms. The Labute approximate surface area is 122 Å². The molecule has 0 aromatic carbocycles. The summed E-state index contributed by atoms with van der Waals surface area (Å²) < 4.78 is 10.5. The van der Waals surface area contributed by atoms with E-state index in [1.54, 1.807) is 23.8 Å². The monoisotopic (exact) mass is 293 g/mol. The Bertz CT molecular complexity index is 556. The normalized spacial score (nSPS) is 26.5. The molecular weight excluding hydrogens is 274 g/mol. The van der Waals surface area contributed by atoms with E-state index >= 15 is 0 Å². The van der Waals surface area contributed by atoms with E-state index in [9.17, 15) is 9.59 Å². The highest BCUT2D eigenvalue weighted by Crippen LogP contribution is 2.25. The number of hydrogen-bond acceptors (Lipinski definition) is 5. The maximum Gasteiger partial charge on any atom is 0.276 e. The van der Waals surface area contributed by atoms with Crippen LogP contribution in [0, 0.1) is 12.8 Å². The standard InChI is InChI=1S/C14H19N3O4/c1-9-13(15-8-21-9)14(19)17-4-3-10-6-20-7-12(18)16(2)11(10)5-17/h8,10-11H,3-7H2,1-2H3/t10-,11-/m0/s1. The van der Waals surface area contributed by atoms with Gasteiger partial charge in [0, 0.05) is 26.1 Å². The number of hydrogen-bond donors (Lipinski definition) is 0. The first kappa shape index (κ1) is 14.1. The second-order valence-electron chi connectivity index (χ2n) is 5.64. The highest BCUT2D eigenvalue weighted by atomic mass is 16.5. The van der Waals surface area contributed by atoms with Crippen LogP contribution in [-0.4, -0.2) is 66.0 Å². The lowest BCUT2D eigenvalue weighted by Gasteiger charge is -2.40. The smallest absolute Gasteiger partial charge is 0.276 e. The fourth-order valence-corrected chi connectivity index (χ4v) is 3.04. The Balaban J connectivity index is 1.77. The van der Waals surface area contributed by atoms with Crippen molar-refractivity contribution in [3.63, 3.8) is 0 Å². The Hall–Kier alpha value is -1.89. The largest absolute Gasteiger partial charge is 0.448 e. The molecule has 7 heteroatoms. The van der Waals surface area contributed by atoms with Crippen molar-refractivity contribution in [2.24, 2.45) is 5.92 Å². The summed E-state index contributed by atoms with van der Waals surface area (Å²) >= 11 is 0. The first-order valence-electron chi connectivity index (χ1n) is 7.10. The highest BCUT2D eigenvalue weighted by Gasteiger charge is 2.38. The summed E-state index contributed by atoms with van der Waals surface area (Å²) in [5, 5.41) is 0. The van der Waals surface area contributed by atoms with Crippen molar-refractivity contribution in [1.82, 2.24) is 14.8 Å². The number of rotatable bonds is 1. The molecule has 0 unspecified atom stereocenters. The number of oxazole rings is 1. The first-order chi connectivity index (χ1) is 10.1. The minimum Gasteiger partial charge on any atom is -0.448 e. The zero-order valence-corrected chi connectivity index (χ0v) is 12.2. The van der Waals surface area contributed by atoms with E-state index in [0.29, 0.717) is 31.2 Å². The van der Waals surface area contributed by atoms with E-state index in [2.05, 4.69) is 4.98 Å². The second kappa shape index (κ2) is 5.48. The van der Waals surface area contributed by atoms with Crippen molar-refractivity contribution < 1.29 is 18.7 Å². The molecule has 3 heterocycles. The van der Waals surface area contributed by atoms with Crippen LogP contribution >= 0.6 is 0 Å². The number of ether oxygens (including phenoxy) is 1. The number of nitrogens with zero attached hydrogens (tertiary/aromatic N) is 3. The van der Waals surface area contributed by atoms with Gasteiger partial charge in [-0.15, -0.1) is 0 Å². The first-order valence-corrected chi connectivity index (χ1v) is 7.10. The molecule has 3 rings (SSSR count). The van der Waals surface area contributed by atoms with Crippen molar-refractivity contribution in [3.05, 3.63) is 17.8 Å². The SMILES string of the molecule is Cc1ocnc1C(=O)N1CC[C@H]2COCC(=O)N(C)[C@H]2C1. The lowest BCUT2D eigenvalue weighted by atomic mass is 9.91. The van der Waals surface area contributed by atoms with Crippen LogP contribution in [0.5, 0.6) is 0 Å². The molecule has 2 atom stereocenters. The lowest BCUT2D eigenvalue weighted by Crippen LogP contribution is -2.54. The van der Waals surface area contributed by atoms with Crippen LogP contribution in [0.2, 0.25) is 0 Å². The molecule has 0 spiro atoms. The van der Waals surface area contributed by atoms with Gasteiger partial charge >= 0.3 is 0 Å². The molecule has 1 aromatic rings. The van der Waals surface area contributed by atoms with Gasteiger partial charge in [0.05, 0.1) is 12.6 Å². The van der Waals surface area contributed by atoms with Crippen LogP contribution in [-0.2, 0) is 9.53 Å². The third-order valence-corrected chi connectivity index (χ3v) is 4.40. The fraction of sp³-hybridized carbons (Fsp3) is 0.643. The van der Waals surface area contributed by atoms with Crippen molar-refractivity contribution in [1.29, 1.82) is 0 Å². The molecule has 2 amide bonds. The number of piperidine rings is 1. The van der Waals surface area contributed by atoms with Gasteiger partial charge in [-0.25, -0.2) is 4.98 Å². The van der Waals surface area contributed by atoms with Gasteiger partial charge < -0.3 is 19.0 Å². The van der Waals surface area contributed by atoms with Gasteiger partial charge in [-0.3, -0.25) is 9.59 Å². The number of aryl methyl sites for hydroxylation is 1. The van der Waals surface area contributed by atoms with Crippen molar-refractivity contribution in [3.8, 4) is 0 Å². The topological polar surface area (TPSA) is 75.9 Å². The van der Waals surface area contributed by atoms with Crippen molar-refractivity contribution in [2.45, 2.75) is 19.4 Å². The van der Waals surface area contributed by atoms with Gasteiger partial charge in [0.2, 0.25) is 5.91 Å². The van der Waals surface area contributed by atoms with Crippen LogP contribution in [0.4, 0.5) is 0 Å². The average Bonchev–Trinajstić information content (AvgIpc) is 2.86. The number of carbonyl (C=O) groups is 2. The minimum atomic E-state index is -0.134. The highest BCUT2D eigenvalue weighted by molar-refractivity contribution is 5.93. The van der Waals surface area contributed by atoms with Crippen LogP contribution < -0.4 is 0 Å². The summed E-state index contributed by atoms with van der Waals surface area (Å²) in [6.45, 7) is 3.59. The van der Waals surface area contributed by atoms with Crippen LogP contribution in [0.3, 0.4) is 0 Å². The number of likely N-dealkylation sites (N-methyl/N-ethyl adjacent to an activating group) is 1. The third-order valence-electron chi connectivity index (χ3n) is 4.40. The summed E-state index contributed by atoms with van der Waals surface area (Å²) in [4.78, 5) is 31.8. The molecule has 0 N–H and O–H groups in total. The Morgan fingerprint density at radius 1 is 1.48 bits per heavy atom. The molecular formula is C14H19N3O4. The van der Waals surface area contributed by atoms with Gasteiger partial charge in [0.1, 0.15) is 12.4 Å². The molecule has 0 radical (unpaired) electrons. The molecule has 2 saturated heterocycles. The Morgan fingerprint density at radius 3 is 3.00 bits per heavy atom. The van der Waals surface area contributed by atoms with Crippen LogP contribution in [0.25, 0.3) is 0 Å². The molecule has 2 aliphatic rings. The molecule has 0 bridgehead atoms. The number of fused-ring (bicyclic) bond motifs is 1. The molecule has 0 saturated carbocycles. The van der Waals surface area contributed by atoms with Crippen LogP contribution in [0.1, 0.15) is 22.7 Å².